The van der Waals surface area contributed by atoms with Crippen molar-refractivity contribution in [3.63, 3.8) is 0 Å². The van der Waals surface area contributed by atoms with Crippen molar-refractivity contribution in [2.75, 3.05) is 7.11 Å². The summed E-state index contributed by atoms with van der Waals surface area (Å²) in [4.78, 5) is 11.0. The first-order valence-corrected chi connectivity index (χ1v) is 7.73. The van der Waals surface area contributed by atoms with E-state index in [4.69, 9.17) is 9.84 Å². The van der Waals surface area contributed by atoms with Gasteiger partial charge in [0.05, 0.1) is 13.0 Å². The number of hydrogen-bond donors (Lipinski definition) is 1. The molecule has 0 aliphatic carbocycles. The van der Waals surface area contributed by atoms with E-state index in [1.807, 2.05) is 12.1 Å². The molecule has 128 valence electrons. The maximum absolute atomic E-state index is 14.3. The monoisotopic (exact) mass is 334 g/mol. The highest BCUT2D eigenvalue weighted by Crippen LogP contribution is 2.36. The zero-order valence-corrected chi connectivity index (χ0v) is 13.6. The minimum absolute atomic E-state index is 0.167. The second-order valence-electron chi connectivity index (χ2n) is 5.66. The van der Waals surface area contributed by atoms with Crippen LogP contribution in [0, 0.1) is 5.92 Å². The first kappa shape index (κ1) is 17.9. The van der Waals surface area contributed by atoms with Gasteiger partial charge < -0.3 is 9.84 Å². The molecule has 0 radical (unpaired) electrons. The molecule has 3 nitrogen and oxygen atoms in total. The summed E-state index contributed by atoms with van der Waals surface area (Å²) < 4.78 is 33.7. The van der Waals surface area contributed by atoms with Gasteiger partial charge in [-0.1, -0.05) is 43.3 Å². The van der Waals surface area contributed by atoms with Crippen LogP contribution >= 0.6 is 0 Å². The van der Waals surface area contributed by atoms with Crippen LogP contribution in [0.5, 0.6) is 5.75 Å². The lowest BCUT2D eigenvalue weighted by Gasteiger charge is -2.20. The van der Waals surface area contributed by atoms with Crippen molar-refractivity contribution >= 4 is 5.97 Å². The average molecular weight is 334 g/mol. The maximum atomic E-state index is 14.3. The number of carbonyl (C=O) groups is 1. The number of alkyl halides is 2. The van der Waals surface area contributed by atoms with Crippen LogP contribution in [0.3, 0.4) is 0 Å². The van der Waals surface area contributed by atoms with Gasteiger partial charge in [-0.2, -0.15) is 0 Å². The van der Waals surface area contributed by atoms with Crippen molar-refractivity contribution in [1.29, 1.82) is 0 Å². The predicted octanol–water partition coefficient (Wildman–Crippen LogP) is 4.95. The van der Waals surface area contributed by atoms with Gasteiger partial charge in [-0.15, -0.1) is 0 Å². The zero-order valence-electron chi connectivity index (χ0n) is 13.6. The fourth-order valence-electron chi connectivity index (χ4n) is 2.52. The first-order chi connectivity index (χ1) is 11.4. The van der Waals surface area contributed by atoms with E-state index in [1.165, 1.54) is 12.1 Å². The van der Waals surface area contributed by atoms with Crippen molar-refractivity contribution in [2.45, 2.75) is 25.7 Å². The highest BCUT2D eigenvalue weighted by atomic mass is 19.3. The molecule has 0 bridgehead atoms. The van der Waals surface area contributed by atoms with Gasteiger partial charge in [-0.3, -0.25) is 4.79 Å². The Balaban J connectivity index is 2.19. The lowest BCUT2D eigenvalue weighted by Crippen LogP contribution is -2.23. The molecule has 0 heterocycles. The molecule has 0 spiro atoms. The predicted molar refractivity (Wildman–Crippen MR) is 88.4 cm³/mol. The first-order valence-electron chi connectivity index (χ1n) is 7.73. The zero-order chi connectivity index (χ0) is 17.7. The van der Waals surface area contributed by atoms with Gasteiger partial charge in [0, 0.05) is 12.0 Å². The number of benzene rings is 2. The largest absolute Gasteiger partial charge is 0.497 e. The fraction of sp³-hybridized carbons (Fsp3) is 0.316. The Morgan fingerprint density at radius 2 is 1.58 bits per heavy atom. The summed E-state index contributed by atoms with van der Waals surface area (Å²) in [7, 11) is 1.58. The summed E-state index contributed by atoms with van der Waals surface area (Å²) in [6.07, 6.45) is -0.518. The molecule has 1 unspecified atom stereocenters. The molecule has 1 N–H and O–H groups in total. The molecular formula is C19H20F2O3. The standard InChI is InChI=1S/C19H20F2O3/c1-3-13(18(22)23)12-19(20,21)16-8-4-14(5-9-16)15-6-10-17(24-2)11-7-15/h4-11,13H,3,12H2,1-2H3,(H,22,23). The lowest BCUT2D eigenvalue weighted by molar-refractivity contribution is -0.146. The number of hydrogen-bond acceptors (Lipinski definition) is 2. The molecule has 0 fully saturated rings. The summed E-state index contributed by atoms with van der Waals surface area (Å²) in [5.41, 5.74) is 1.53. The van der Waals surface area contributed by atoms with E-state index in [0.717, 1.165) is 16.9 Å². The SMILES string of the molecule is CCC(CC(F)(F)c1ccc(-c2ccc(OC)cc2)cc1)C(=O)O. The molecule has 0 aliphatic rings. The van der Waals surface area contributed by atoms with E-state index in [-0.39, 0.29) is 12.0 Å². The van der Waals surface area contributed by atoms with Gasteiger partial charge in [-0.05, 0) is 29.7 Å². The van der Waals surface area contributed by atoms with Crippen molar-refractivity contribution < 1.29 is 23.4 Å². The molecule has 2 rings (SSSR count). The van der Waals surface area contributed by atoms with Crippen molar-refractivity contribution in [1.82, 2.24) is 0 Å². The molecule has 24 heavy (non-hydrogen) atoms. The van der Waals surface area contributed by atoms with E-state index in [0.29, 0.717) is 0 Å². The second kappa shape index (κ2) is 7.43. The van der Waals surface area contributed by atoms with Gasteiger partial charge in [0.2, 0.25) is 0 Å². The minimum Gasteiger partial charge on any atom is -0.497 e. The minimum atomic E-state index is -3.17. The molecule has 0 amide bonds. The third-order valence-electron chi connectivity index (χ3n) is 4.08. The van der Waals surface area contributed by atoms with Crippen molar-refractivity contribution in [3.8, 4) is 16.9 Å². The third-order valence-corrected chi connectivity index (χ3v) is 4.08. The van der Waals surface area contributed by atoms with Gasteiger partial charge in [0.1, 0.15) is 5.75 Å². The molecule has 5 heteroatoms. The Labute approximate surface area is 139 Å². The number of halogens is 2. The Morgan fingerprint density at radius 1 is 1.08 bits per heavy atom. The van der Waals surface area contributed by atoms with Crippen LogP contribution in [-0.4, -0.2) is 18.2 Å². The summed E-state index contributed by atoms with van der Waals surface area (Å²) in [5, 5.41) is 8.98. The maximum Gasteiger partial charge on any atom is 0.306 e. The number of carboxylic acids is 1. The van der Waals surface area contributed by atoms with E-state index < -0.39 is 24.2 Å². The molecule has 2 aromatic rings. The topological polar surface area (TPSA) is 46.5 Å². The summed E-state index contributed by atoms with van der Waals surface area (Å²) in [6.45, 7) is 1.60. The molecule has 1 atom stereocenters. The van der Waals surface area contributed by atoms with E-state index in [2.05, 4.69) is 0 Å². The molecular weight excluding hydrogens is 314 g/mol. The molecule has 2 aromatic carbocycles. The van der Waals surface area contributed by atoms with Crippen LogP contribution in [0.2, 0.25) is 0 Å². The molecule has 0 saturated heterocycles. The number of methoxy groups -OCH3 is 1. The van der Waals surface area contributed by atoms with Crippen LogP contribution in [0.25, 0.3) is 11.1 Å². The Morgan fingerprint density at radius 3 is 2.00 bits per heavy atom. The number of aliphatic carboxylic acids is 1. The highest BCUT2D eigenvalue weighted by molar-refractivity contribution is 5.70. The van der Waals surface area contributed by atoms with Gasteiger partial charge in [-0.25, -0.2) is 8.78 Å². The molecule has 0 aliphatic heterocycles. The van der Waals surface area contributed by atoms with Crippen molar-refractivity contribution in [2.24, 2.45) is 5.92 Å². The number of carboxylic acid groups (broad SMARTS) is 1. The van der Waals surface area contributed by atoms with Crippen LogP contribution in [0.4, 0.5) is 8.78 Å². The Kier molecular flexibility index (Phi) is 5.54. The van der Waals surface area contributed by atoms with E-state index >= 15 is 0 Å². The van der Waals surface area contributed by atoms with Crippen LogP contribution in [0.1, 0.15) is 25.3 Å². The van der Waals surface area contributed by atoms with E-state index in [9.17, 15) is 13.6 Å². The van der Waals surface area contributed by atoms with Gasteiger partial charge >= 0.3 is 5.97 Å². The molecule has 0 aromatic heterocycles. The Hall–Kier alpha value is -2.43. The van der Waals surface area contributed by atoms with Crippen LogP contribution < -0.4 is 4.74 Å². The van der Waals surface area contributed by atoms with Crippen LogP contribution in [0.15, 0.2) is 48.5 Å². The van der Waals surface area contributed by atoms with Crippen molar-refractivity contribution in [3.05, 3.63) is 54.1 Å². The number of rotatable bonds is 7. The summed E-state index contributed by atoms with van der Waals surface area (Å²) >= 11 is 0. The van der Waals surface area contributed by atoms with Gasteiger partial charge in [0.25, 0.3) is 5.92 Å². The highest BCUT2D eigenvalue weighted by Gasteiger charge is 2.36. The number of ether oxygens (including phenoxy) is 1. The quantitative estimate of drug-likeness (QED) is 0.779. The molecule has 0 saturated carbocycles. The normalized spacial score (nSPS) is 12.7. The average Bonchev–Trinajstić information content (AvgIpc) is 2.59. The lowest BCUT2D eigenvalue weighted by atomic mass is 9.93. The summed E-state index contributed by atoms with van der Waals surface area (Å²) in [6, 6.07) is 13.3. The third kappa shape index (κ3) is 4.10. The summed E-state index contributed by atoms with van der Waals surface area (Å²) in [5.74, 6) is -4.69. The van der Waals surface area contributed by atoms with E-state index in [1.54, 1.807) is 38.3 Å². The second-order valence-corrected chi connectivity index (χ2v) is 5.66. The fourth-order valence-corrected chi connectivity index (χ4v) is 2.52. The van der Waals surface area contributed by atoms with Gasteiger partial charge in [0.15, 0.2) is 0 Å². The smallest absolute Gasteiger partial charge is 0.306 e. The Bertz CT molecular complexity index is 679. The van der Waals surface area contributed by atoms with Crippen LogP contribution in [-0.2, 0) is 10.7 Å².